The van der Waals surface area contributed by atoms with Crippen LogP contribution in [0.2, 0.25) is 0 Å². The third-order valence-electron chi connectivity index (χ3n) is 7.98. The van der Waals surface area contributed by atoms with Gasteiger partial charge < -0.3 is 49.2 Å². The smallest absolute Gasteiger partial charge is 0.330 e. The molecule has 3 aromatic carbocycles. The molecule has 258 valence electrons. The number of aromatic hydroxyl groups is 2. The van der Waals surface area contributed by atoms with E-state index in [4.69, 9.17) is 23.7 Å². The summed E-state index contributed by atoms with van der Waals surface area (Å²) in [6, 6.07) is 18.2. The lowest BCUT2D eigenvalue weighted by Gasteiger charge is -2.41. The first-order valence-electron chi connectivity index (χ1n) is 15.6. The number of phenols is 2. The quantitative estimate of drug-likeness (QED) is 0.112. The van der Waals surface area contributed by atoms with Gasteiger partial charge in [0.05, 0.1) is 20.3 Å². The number of aliphatic hydroxyl groups is 3. The average molecular weight is 667 g/mol. The normalized spacial score (nSPS) is 21.5. The number of hydrogen-bond donors (Lipinski definition) is 5. The van der Waals surface area contributed by atoms with Crippen LogP contribution >= 0.6 is 0 Å². The Bertz CT molecular complexity index is 1500. The Morgan fingerprint density at radius 1 is 0.812 bits per heavy atom. The number of carbonyl (C=O) groups is 2. The summed E-state index contributed by atoms with van der Waals surface area (Å²) in [6.07, 6.45) is -4.24. The van der Waals surface area contributed by atoms with Gasteiger partial charge in [0.1, 0.15) is 48.3 Å². The lowest BCUT2D eigenvalue weighted by atomic mass is 9.98. The first-order valence-corrected chi connectivity index (χ1v) is 15.6. The number of carbonyl (C=O) groups excluding carboxylic acids is 2. The number of aliphatic hydroxyl groups excluding tert-OH is 3. The van der Waals surface area contributed by atoms with Crippen molar-refractivity contribution >= 4 is 17.8 Å². The molecule has 0 unspecified atom stereocenters. The Labute approximate surface area is 278 Å². The predicted molar refractivity (Wildman–Crippen MR) is 174 cm³/mol. The average Bonchev–Trinajstić information content (AvgIpc) is 3.09. The van der Waals surface area contributed by atoms with E-state index in [0.29, 0.717) is 36.3 Å². The largest absolute Gasteiger partial charge is 0.508 e. The molecule has 5 N–H and O–H groups in total. The molecule has 0 aliphatic carbocycles. The number of phenolic OH excluding ortho intramolecular Hbond substituents is 2. The molecule has 12 nitrogen and oxygen atoms in total. The van der Waals surface area contributed by atoms with Crippen LogP contribution in [0.25, 0.3) is 6.08 Å². The summed E-state index contributed by atoms with van der Waals surface area (Å²) in [6.45, 7) is -0.455. The number of hydrogen-bond acceptors (Lipinski definition) is 12. The van der Waals surface area contributed by atoms with Crippen LogP contribution < -0.4 is 9.47 Å². The Hall–Kier alpha value is -4.46. The summed E-state index contributed by atoms with van der Waals surface area (Å²) >= 11 is 0. The number of benzene rings is 3. The van der Waals surface area contributed by atoms with Crippen molar-refractivity contribution in [2.75, 3.05) is 20.8 Å². The van der Waals surface area contributed by atoms with Crippen molar-refractivity contribution in [3.8, 4) is 23.0 Å². The van der Waals surface area contributed by atoms with Crippen LogP contribution in [0.5, 0.6) is 23.0 Å². The molecule has 0 spiro atoms. The van der Waals surface area contributed by atoms with Crippen LogP contribution in [0.1, 0.15) is 36.0 Å². The summed E-state index contributed by atoms with van der Waals surface area (Å²) < 4.78 is 27.6. The first kappa shape index (κ1) is 36.4. The summed E-state index contributed by atoms with van der Waals surface area (Å²) in [5.74, 6) is 0.390. The molecule has 0 bridgehead atoms. The fourth-order valence-corrected chi connectivity index (χ4v) is 5.20. The molecule has 0 aromatic heterocycles. The number of methoxy groups -OCH3 is 2. The van der Waals surface area contributed by atoms with Gasteiger partial charge in [0.25, 0.3) is 0 Å². The topological polar surface area (TPSA) is 181 Å². The van der Waals surface area contributed by atoms with E-state index in [9.17, 15) is 35.1 Å². The number of ketones is 1. The second kappa shape index (κ2) is 17.6. The number of rotatable bonds is 16. The van der Waals surface area contributed by atoms with Crippen LogP contribution in [0.15, 0.2) is 72.8 Å². The summed E-state index contributed by atoms with van der Waals surface area (Å²) in [4.78, 5) is 25.5. The highest BCUT2D eigenvalue weighted by atomic mass is 16.7. The molecule has 1 heterocycles. The molecule has 0 radical (unpaired) electrons. The van der Waals surface area contributed by atoms with Gasteiger partial charge in [0.2, 0.25) is 0 Å². The fraction of sp³-hybridized carbons (Fsp3) is 0.389. The zero-order valence-electron chi connectivity index (χ0n) is 26.8. The molecular formula is C36H42O12. The van der Waals surface area contributed by atoms with Crippen molar-refractivity contribution in [1.82, 2.24) is 0 Å². The van der Waals surface area contributed by atoms with Crippen LogP contribution in [0.3, 0.4) is 0 Å². The number of esters is 1. The van der Waals surface area contributed by atoms with Crippen molar-refractivity contribution in [3.05, 3.63) is 89.5 Å². The fourth-order valence-electron chi connectivity index (χ4n) is 5.20. The van der Waals surface area contributed by atoms with Crippen LogP contribution in [-0.4, -0.2) is 94.9 Å². The third kappa shape index (κ3) is 10.5. The molecule has 4 rings (SSSR count). The Morgan fingerprint density at radius 2 is 1.44 bits per heavy atom. The number of aryl methyl sites for hydroxylation is 2. The molecule has 1 saturated heterocycles. The van der Waals surface area contributed by atoms with E-state index in [0.717, 1.165) is 11.1 Å². The van der Waals surface area contributed by atoms with E-state index in [1.165, 1.54) is 26.4 Å². The van der Waals surface area contributed by atoms with E-state index in [1.807, 2.05) is 0 Å². The maximum atomic E-state index is 13.0. The molecule has 6 atom stereocenters. The van der Waals surface area contributed by atoms with Crippen molar-refractivity contribution in [1.29, 1.82) is 0 Å². The minimum atomic E-state index is -1.68. The molecule has 12 heteroatoms. The Kier molecular flexibility index (Phi) is 13.4. The lowest BCUT2D eigenvalue weighted by molar-refractivity contribution is -0.311. The van der Waals surface area contributed by atoms with Crippen molar-refractivity contribution in [3.63, 3.8) is 0 Å². The third-order valence-corrected chi connectivity index (χ3v) is 7.98. The summed E-state index contributed by atoms with van der Waals surface area (Å²) in [5.41, 5.74) is 2.40. The van der Waals surface area contributed by atoms with Crippen molar-refractivity contribution in [2.45, 2.75) is 68.9 Å². The predicted octanol–water partition coefficient (Wildman–Crippen LogP) is 3.09. The maximum absolute atomic E-state index is 13.0. The zero-order valence-corrected chi connectivity index (χ0v) is 26.8. The minimum Gasteiger partial charge on any atom is -0.508 e. The van der Waals surface area contributed by atoms with Gasteiger partial charge in [-0.15, -0.1) is 0 Å². The molecule has 1 aliphatic rings. The highest BCUT2D eigenvalue weighted by Crippen LogP contribution is 2.29. The second-order valence-corrected chi connectivity index (χ2v) is 11.5. The van der Waals surface area contributed by atoms with Crippen molar-refractivity contribution in [2.24, 2.45) is 0 Å². The van der Waals surface area contributed by atoms with Crippen LogP contribution in [0.4, 0.5) is 0 Å². The van der Waals surface area contributed by atoms with Gasteiger partial charge >= 0.3 is 5.97 Å². The van der Waals surface area contributed by atoms with E-state index in [1.54, 1.807) is 66.7 Å². The Morgan fingerprint density at radius 3 is 2.06 bits per heavy atom. The monoisotopic (exact) mass is 666 g/mol. The Balaban J connectivity index is 1.38. The molecule has 0 saturated carbocycles. The molecule has 3 aromatic rings. The summed E-state index contributed by atoms with van der Waals surface area (Å²) in [7, 11) is 3.00. The maximum Gasteiger partial charge on any atom is 0.330 e. The second-order valence-electron chi connectivity index (χ2n) is 11.5. The van der Waals surface area contributed by atoms with E-state index in [-0.39, 0.29) is 30.1 Å². The number of Topliss-reactive ketones (excluding diaryl/α,β-unsaturated/α-hetero) is 1. The lowest BCUT2D eigenvalue weighted by Crippen LogP contribution is -2.60. The van der Waals surface area contributed by atoms with Crippen LogP contribution in [0, 0.1) is 0 Å². The van der Waals surface area contributed by atoms with E-state index < -0.39 is 49.4 Å². The molecule has 0 amide bonds. The van der Waals surface area contributed by atoms with Gasteiger partial charge in [-0.2, -0.15) is 0 Å². The highest BCUT2D eigenvalue weighted by Gasteiger charge is 2.45. The summed E-state index contributed by atoms with van der Waals surface area (Å²) in [5, 5.41) is 51.1. The highest BCUT2D eigenvalue weighted by molar-refractivity contribution is 5.87. The van der Waals surface area contributed by atoms with Gasteiger partial charge in [-0.3, -0.25) is 4.79 Å². The number of ether oxygens (including phenoxy) is 5. The van der Waals surface area contributed by atoms with Gasteiger partial charge in [-0.25, -0.2) is 4.79 Å². The molecule has 48 heavy (non-hydrogen) atoms. The standard InChI is InChI=1S/C36H42O12/c1-44-29-17-9-24(19-30(29)45-2)10-18-32(40)46-21-31-33(41)34(42)35(43)36(48-31)47-28(16-8-23-5-13-26(38)14-6-23)20-27(39)15-7-22-3-11-25(37)12-4-22/h3-6,9-14,17-19,28,31,33-38,41-43H,7-8,15-16,20-21H2,1-2H3/b18-10+/t28-,31+,33+,34-,35+,36+/m0/s1. The van der Waals surface area contributed by atoms with Gasteiger partial charge in [-0.05, 0) is 78.4 Å². The first-order chi connectivity index (χ1) is 23.1. The SMILES string of the molecule is COc1ccc(/C=C/C(=O)OC[C@H]2O[C@@H](O[C@@H](CCc3ccc(O)cc3)CC(=O)CCc3ccc(O)cc3)[C@H](O)[C@@H](O)[C@@H]2O)cc1OC. The molecular weight excluding hydrogens is 624 g/mol. The van der Waals surface area contributed by atoms with E-state index in [2.05, 4.69) is 0 Å². The van der Waals surface area contributed by atoms with Gasteiger partial charge in [0, 0.05) is 18.9 Å². The van der Waals surface area contributed by atoms with Gasteiger partial charge in [0.15, 0.2) is 17.8 Å². The van der Waals surface area contributed by atoms with E-state index >= 15 is 0 Å². The van der Waals surface area contributed by atoms with Crippen LogP contribution in [-0.2, 0) is 36.6 Å². The minimum absolute atomic E-state index is 0.0258. The molecule has 1 aliphatic heterocycles. The zero-order chi connectivity index (χ0) is 34.6. The van der Waals surface area contributed by atoms with Crippen molar-refractivity contribution < 1.29 is 58.8 Å². The molecule has 1 fully saturated rings. The van der Waals surface area contributed by atoms with Gasteiger partial charge in [-0.1, -0.05) is 30.3 Å².